The van der Waals surface area contributed by atoms with Crippen LogP contribution in [-0.4, -0.2) is 44.2 Å². The van der Waals surface area contributed by atoms with Crippen molar-refractivity contribution in [3.8, 4) is 0 Å². The van der Waals surface area contributed by atoms with Gasteiger partial charge in [-0.05, 0) is 30.8 Å². The fourth-order valence-corrected chi connectivity index (χ4v) is 2.05. The first-order valence-electron chi connectivity index (χ1n) is 7.01. The molecule has 0 aliphatic heterocycles. The fourth-order valence-electron chi connectivity index (χ4n) is 2.05. The van der Waals surface area contributed by atoms with Crippen LogP contribution < -0.4 is 5.32 Å². The fraction of sp³-hybridized carbons (Fsp3) is 0.533. The lowest BCUT2D eigenvalue weighted by molar-refractivity contribution is -0.143. The number of ether oxygens (including phenoxy) is 1. The monoisotopic (exact) mass is 300 g/mol. The normalized spacial score (nSPS) is 12.5. The summed E-state index contributed by atoms with van der Waals surface area (Å²) >= 11 is 0. The van der Waals surface area contributed by atoms with Gasteiger partial charge in [0.2, 0.25) is 0 Å². The van der Waals surface area contributed by atoms with Crippen LogP contribution in [0.15, 0.2) is 18.2 Å². The summed E-state index contributed by atoms with van der Waals surface area (Å²) in [5.41, 5.74) is 0.347. The van der Waals surface area contributed by atoms with Gasteiger partial charge in [0.05, 0.1) is 7.11 Å². The van der Waals surface area contributed by atoms with Gasteiger partial charge >= 0.3 is 5.97 Å². The SMILES string of the molecule is CCN(CC)CCNC(C(=O)OC)c1ccc(F)c(F)c1. The number of methoxy groups -OCH3 is 1. The summed E-state index contributed by atoms with van der Waals surface area (Å²) in [5.74, 6) is -2.45. The van der Waals surface area contributed by atoms with Crippen molar-refractivity contribution < 1.29 is 18.3 Å². The highest BCUT2D eigenvalue weighted by atomic mass is 19.2. The molecule has 1 rings (SSSR count). The van der Waals surface area contributed by atoms with Gasteiger partial charge in [0.25, 0.3) is 0 Å². The molecule has 21 heavy (non-hydrogen) atoms. The van der Waals surface area contributed by atoms with E-state index in [1.165, 1.54) is 13.2 Å². The average Bonchev–Trinajstić information content (AvgIpc) is 2.50. The third kappa shape index (κ3) is 5.06. The molecule has 0 aliphatic rings. The molecule has 0 bridgehead atoms. The molecule has 0 spiro atoms. The lowest BCUT2D eigenvalue weighted by Gasteiger charge is -2.21. The lowest BCUT2D eigenvalue weighted by Crippen LogP contribution is -2.36. The third-order valence-electron chi connectivity index (χ3n) is 3.38. The second-order valence-electron chi connectivity index (χ2n) is 4.61. The van der Waals surface area contributed by atoms with Crippen LogP contribution in [-0.2, 0) is 9.53 Å². The van der Waals surface area contributed by atoms with Gasteiger partial charge in [-0.3, -0.25) is 5.32 Å². The number of halogens is 2. The molecule has 118 valence electrons. The van der Waals surface area contributed by atoms with Gasteiger partial charge in [-0.15, -0.1) is 0 Å². The molecule has 6 heteroatoms. The molecule has 0 fully saturated rings. The first-order valence-corrected chi connectivity index (χ1v) is 7.01. The van der Waals surface area contributed by atoms with Crippen LogP contribution >= 0.6 is 0 Å². The number of benzene rings is 1. The van der Waals surface area contributed by atoms with Gasteiger partial charge in [0, 0.05) is 13.1 Å². The van der Waals surface area contributed by atoms with Crippen LogP contribution in [0.5, 0.6) is 0 Å². The van der Waals surface area contributed by atoms with E-state index in [0.717, 1.165) is 31.8 Å². The molecule has 0 amide bonds. The van der Waals surface area contributed by atoms with E-state index >= 15 is 0 Å². The topological polar surface area (TPSA) is 41.6 Å². The standard InChI is InChI=1S/C15H22F2N2O2/c1-4-19(5-2)9-8-18-14(15(20)21-3)11-6-7-12(16)13(17)10-11/h6-7,10,14,18H,4-5,8-9H2,1-3H3. The highest BCUT2D eigenvalue weighted by Crippen LogP contribution is 2.17. The summed E-state index contributed by atoms with van der Waals surface area (Å²) in [6.07, 6.45) is 0. The van der Waals surface area contributed by atoms with Gasteiger partial charge in [-0.1, -0.05) is 19.9 Å². The van der Waals surface area contributed by atoms with Crippen LogP contribution in [0.3, 0.4) is 0 Å². The van der Waals surface area contributed by atoms with E-state index in [1.807, 2.05) is 0 Å². The maximum Gasteiger partial charge on any atom is 0.327 e. The number of likely N-dealkylation sites (N-methyl/N-ethyl adjacent to an activating group) is 1. The average molecular weight is 300 g/mol. The summed E-state index contributed by atoms with van der Waals surface area (Å²) < 4.78 is 31.0. The zero-order valence-electron chi connectivity index (χ0n) is 12.7. The Kier molecular flexibility index (Phi) is 7.25. The summed E-state index contributed by atoms with van der Waals surface area (Å²) in [7, 11) is 1.27. The highest BCUT2D eigenvalue weighted by molar-refractivity contribution is 5.77. The zero-order chi connectivity index (χ0) is 15.8. The van der Waals surface area contributed by atoms with Gasteiger partial charge in [-0.25, -0.2) is 13.6 Å². The van der Waals surface area contributed by atoms with E-state index in [2.05, 4.69) is 24.1 Å². The number of rotatable bonds is 8. The summed E-state index contributed by atoms with van der Waals surface area (Å²) in [4.78, 5) is 14.0. The Morgan fingerprint density at radius 1 is 1.29 bits per heavy atom. The lowest BCUT2D eigenvalue weighted by atomic mass is 10.1. The maximum absolute atomic E-state index is 13.3. The molecule has 0 heterocycles. The minimum absolute atomic E-state index is 0.347. The van der Waals surface area contributed by atoms with E-state index in [-0.39, 0.29) is 0 Å². The van der Waals surface area contributed by atoms with Gasteiger partial charge in [0.1, 0.15) is 6.04 Å². The number of carbonyl (C=O) groups excluding carboxylic acids is 1. The molecule has 0 aliphatic carbocycles. The Bertz CT molecular complexity index is 465. The number of nitrogens with zero attached hydrogens (tertiary/aromatic N) is 1. The molecule has 1 unspecified atom stereocenters. The molecule has 0 aromatic heterocycles. The molecule has 4 nitrogen and oxygen atoms in total. The molecule has 0 saturated heterocycles. The van der Waals surface area contributed by atoms with Crippen molar-refractivity contribution in [2.45, 2.75) is 19.9 Å². The van der Waals surface area contributed by atoms with Crippen molar-refractivity contribution in [1.82, 2.24) is 10.2 Å². The molecular formula is C15H22F2N2O2. The Morgan fingerprint density at radius 3 is 2.48 bits per heavy atom. The second kappa shape index (κ2) is 8.69. The van der Waals surface area contributed by atoms with Gasteiger partial charge in [-0.2, -0.15) is 0 Å². The van der Waals surface area contributed by atoms with Crippen molar-refractivity contribution in [3.63, 3.8) is 0 Å². The molecule has 0 radical (unpaired) electrons. The number of hydrogen-bond donors (Lipinski definition) is 1. The molecule has 0 saturated carbocycles. The van der Waals surface area contributed by atoms with Crippen LogP contribution in [0.2, 0.25) is 0 Å². The van der Waals surface area contributed by atoms with Crippen molar-refractivity contribution >= 4 is 5.97 Å². The Balaban J connectivity index is 2.76. The minimum Gasteiger partial charge on any atom is -0.468 e. The Hall–Kier alpha value is -1.53. The second-order valence-corrected chi connectivity index (χ2v) is 4.61. The van der Waals surface area contributed by atoms with E-state index in [1.54, 1.807) is 0 Å². The number of nitrogens with one attached hydrogen (secondary N) is 1. The van der Waals surface area contributed by atoms with Crippen LogP contribution in [0.4, 0.5) is 8.78 Å². The number of hydrogen-bond acceptors (Lipinski definition) is 4. The maximum atomic E-state index is 13.3. The van der Waals surface area contributed by atoms with E-state index in [4.69, 9.17) is 4.74 Å². The molecule has 1 aromatic carbocycles. The zero-order valence-corrected chi connectivity index (χ0v) is 12.7. The first-order chi connectivity index (χ1) is 10.0. The van der Waals surface area contributed by atoms with Crippen molar-refractivity contribution in [1.29, 1.82) is 0 Å². The Labute approximate surface area is 124 Å². The van der Waals surface area contributed by atoms with Gasteiger partial charge < -0.3 is 9.64 Å². The number of carbonyl (C=O) groups is 1. The molecule has 1 N–H and O–H groups in total. The van der Waals surface area contributed by atoms with E-state index in [0.29, 0.717) is 12.1 Å². The molecule has 1 aromatic rings. The van der Waals surface area contributed by atoms with Crippen molar-refractivity contribution in [2.24, 2.45) is 0 Å². The Morgan fingerprint density at radius 2 is 1.95 bits per heavy atom. The predicted octanol–water partition coefficient (Wildman–Crippen LogP) is 2.11. The van der Waals surface area contributed by atoms with Crippen molar-refractivity contribution in [2.75, 3.05) is 33.3 Å². The van der Waals surface area contributed by atoms with Crippen LogP contribution in [0, 0.1) is 11.6 Å². The summed E-state index contributed by atoms with van der Waals surface area (Å²) in [6.45, 7) is 7.22. The molecule has 1 atom stereocenters. The van der Waals surface area contributed by atoms with E-state index < -0.39 is 23.6 Å². The predicted molar refractivity (Wildman–Crippen MR) is 76.9 cm³/mol. The molecular weight excluding hydrogens is 278 g/mol. The third-order valence-corrected chi connectivity index (χ3v) is 3.38. The van der Waals surface area contributed by atoms with E-state index in [9.17, 15) is 13.6 Å². The van der Waals surface area contributed by atoms with Crippen LogP contribution in [0.25, 0.3) is 0 Å². The first kappa shape index (κ1) is 17.5. The van der Waals surface area contributed by atoms with Gasteiger partial charge in [0.15, 0.2) is 11.6 Å². The quantitative estimate of drug-likeness (QED) is 0.747. The number of esters is 1. The highest BCUT2D eigenvalue weighted by Gasteiger charge is 2.22. The minimum atomic E-state index is -0.980. The summed E-state index contributed by atoms with van der Waals surface area (Å²) in [5, 5.41) is 3.03. The smallest absolute Gasteiger partial charge is 0.327 e. The summed E-state index contributed by atoms with van der Waals surface area (Å²) in [6, 6.07) is 2.60. The van der Waals surface area contributed by atoms with Crippen molar-refractivity contribution in [3.05, 3.63) is 35.4 Å². The van der Waals surface area contributed by atoms with Crippen LogP contribution in [0.1, 0.15) is 25.5 Å². The largest absolute Gasteiger partial charge is 0.468 e.